The van der Waals surface area contributed by atoms with Crippen molar-refractivity contribution in [2.24, 2.45) is 10.7 Å². The van der Waals surface area contributed by atoms with Gasteiger partial charge in [0.1, 0.15) is 18.1 Å². The number of aromatic nitrogens is 2. The average molecular weight is 398 g/mol. The number of anilines is 2. The molecule has 1 aliphatic rings. The molecule has 1 amide bonds. The zero-order valence-corrected chi connectivity index (χ0v) is 16.7. The summed E-state index contributed by atoms with van der Waals surface area (Å²) in [5, 5.41) is 2.85. The van der Waals surface area contributed by atoms with Crippen molar-refractivity contribution in [3.8, 4) is 0 Å². The van der Waals surface area contributed by atoms with Crippen LogP contribution in [0.4, 0.5) is 11.5 Å². The van der Waals surface area contributed by atoms with E-state index in [9.17, 15) is 4.79 Å². The van der Waals surface area contributed by atoms with Crippen molar-refractivity contribution in [3.63, 3.8) is 0 Å². The molecule has 1 aromatic heterocycles. The van der Waals surface area contributed by atoms with Crippen LogP contribution in [0.25, 0.3) is 0 Å². The molecule has 1 aromatic carbocycles. The van der Waals surface area contributed by atoms with Crippen molar-refractivity contribution in [3.05, 3.63) is 47.9 Å². The molecule has 0 bridgehead atoms. The van der Waals surface area contributed by atoms with Gasteiger partial charge < -0.3 is 25.4 Å². The highest BCUT2D eigenvalue weighted by Gasteiger charge is 2.16. The van der Waals surface area contributed by atoms with Gasteiger partial charge in [0, 0.05) is 26.4 Å². The summed E-state index contributed by atoms with van der Waals surface area (Å²) in [6.45, 7) is 1.76. The Morgan fingerprint density at radius 1 is 1.34 bits per heavy atom. The lowest BCUT2D eigenvalue weighted by atomic mass is 10.1. The first-order valence-electron chi connectivity index (χ1n) is 9.43. The van der Waals surface area contributed by atoms with Crippen LogP contribution in [0.15, 0.2) is 41.7 Å². The highest BCUT2D eigenvalue weighted by Crippen LogP contribution is 2.16. The van der Waals surface area contributed by atoms with Crippen LogP contribution in [0.1, 0.15) is 22.5 Å². The molecular weight excluding hydrogens is 372 g/mol. The van der Waals surface area contributed by atoms with E-state index in [1.165, 1.54) is 6.20 Å². The first-order valence-corrected chi connectivity index (χ1v) is 9.43. The Morgan fingerprint density at radius 3 is 2.83 bits per heavy atom. The molecule has 29 heavy (non-hydrogen) atoms. The maximum Gasteiger partial charge on any atom is 0.282 e. The van der Waals surface area contributed by atoms with Crippen LogP contribution in [0.5, 0.6) is 0 Å². The number of aryl methyl sites for hydroxylation is 1. The van der Waals surface area contributed by atoms with Crippen molar-refractivity contribution in [1.29, 1.82) is 0 Å². The summed E-state index contributed by atoms with van der Waals surface area (Å²) in [6, 6.07) is 8.10. The lowest BCUT2D eigenvalue weighted by molar-refractivity contribution is 0.102. The van der Waals surface area contributed by atoms with Crippen molar-refractivity contribution in [2.75, 3.05) is 44.1 Å². The third-order valence-electron chi connectivity index (χ3n) is 4.59. The summed E-state index contributed by atoms with van der Waals surface area (Å²) in [5.74, 6) is 0.310. The number of carbonyl (C=O) groups is 1. The summed E-state index contributed by atoms with van der Waals surface area (Å²) < 4.78 is 10.2. The zero-order chi connectivity index (χ0) is 20.6. The molecule has 0 radical (unpaired) electrons. The van der Waals surface area contributed by atoms with E-state index < -0.39 is 0 Å². The van der Waals surface area contributed by atoms with Crippen molar-refractivity contribution >= 4 is 23.4 Å². The van der Waals surface area contributed by atoms with Crippen LogP contribution in [0, 0.1) is 0 Å². The number of nitrogens with zero attached hydrogens (tertiary/aromatic N) is 4. The molecule has 1 atom stereocenters. The maximum absolute atomic E-state index is 12.5. The van der Waals surface area contributed by atoms with E-state index in [0.29, 0.717) is 31.3 Å². The fraction of sp³-hybridized carbons (Fsp3) is 0.400. The Balaban J connectivity index is 1.55. The number of rotatable bonds is 9. The van der Waals surface area contributed by atoms with Gasteiger partial charge in [0.2, 0.25) is 0 Å². The molecule has 3 rings (SSSR count). The largest absolute Gasteiger partial charge is 0.463 e. The molecule has 0 saturated heterocycles. The SMILES string of the molecule is COCCN(C)c1cncc(C(=O)Nc2ccc(CCC3COC(N)=N3)cc2)n1. The molecule has 0 aliphatic carbocycles. The number of hydrogen-bond acceptors (Lipinski definition) is 8. The normalized spacial score (nSPS) is 15.5. The smallest absolute Gasteiger partial charge is 0.282 e. The molecule has 9 nitrogen and oxygen atoms in total. The predicted molar refractivity (Wildman–Crippen MR) is 111 cm³/mol. The molecule has 154 valence electrons. The van der Waals surface area contributed by atoms with E-state index in [2.05, 4.69) is 20.3 Å². The summed E-state index contributed by atoms with van der Waals surface area (Å²) in [6.07, 6.45) is 4.80. The Bertz CT molecular complexity index is 856. The highest BCUT2D eigenvalue weighted by atomic mass is 16.5. The first-order chi connectivity index (χ1) is 14.0. The van der Waals surface area contributed by atoms with Crippen LogP contribution < -0.4 is 16.0 Å². The number of ether oxygens (including phenoxy) is 2. The molecule has 1 unspecified atom stereocenters. The molecule has 1 aliphatic heterocycles. The van der Waals surface area contributed by atoms with E-state index in [-0.39, 0.29) is 23.7 Å². The number of nitrogens with two attached hydrogens (primary N) is 1. The van der Waals surface area contributed by atoms with E-state index in [1.807, 2.05) is 36.2 Å². The lowest BCUT2D eigenvalue weighted by Crippen LogP contribution is -2.24. The van der Waals surface area contributed by atoms with Crippen molar-refractivity contribution in [2.45, 2.75) is 18.9 Å². The second kappa shape index (κ2) is 9.83. The predicted octanol–water partition coefficient (Wildman–Crippen LogP) is 1.46. The summed E-state index contributed by atoms with van der Waals surface area (Å²) in [7, 11) is 3.52. The molecule has 9 heteroatoms. The molecular formula is C20H26N6O3. The molecule has 3 N–H and O–H groups in total. The quantitative estimate of drug-likeness (QED) is 0.657. The Kier molecular flexibility index (Phi) is 6.96. The van der Waals surface area contributed by atoms with Gasteiger partial charge in [-0.15, -0.1) is 0 Å². The number of methoxy groups -OCH3 is 1. The van der Waals surface area contributed by atoms with Crippen LogP contribution in [0.2, 0.25) is 0 Å². The van der Waals surface area contributed by atoms with Crippen LogP contribution in [-0.4, -0.2) is 61.9 Å². The molecule has 0 spiro atoms. The van der Waals surface area contributed by atoms with Gasteiger partial charge in [0.25, 0.3) is 11.9 Å². The number of aliphatic imine (C=N–C) groups is 1. The van der Waals surface area contributed by atoms with Gasteiger partial charge >= 0.3 is 0 Å². The van der Waals surface area contributed by atoms with Gasteiger partial charge in [-0.2, -0.15) is 0 Å². The number of hydrogen-bond donors (Lipinski definition) is 2. The zero-order valence-electron chi connectivity index (χ0n) is 16.7. The van der Waals surface area contributed by atoms with Gasteiger partial charge in [-0.3, -0.25) is 9.78 Å². The van der Waals surface area contributed by atoms with E-state index >= 15 is 0 Å². The third kappa shape index (κ3) is 5.89. The van der Waals surface area contributed by atoms with E-state index in [1.54, 1.807) is 13.3 Å². The minimum Gasteiger partial charge on any atom is -0.463 e. The van der Waals surface area contributed by atoms with Gasteiger partial charge in [-0.25, -0.2) is 9.98 Å². The Hall–Kier alpha value is -3.20. The summed E-state index contributed by atoms with van der Waals surface area (Å²) in [4.78, 5) is 27.1. The van der Waals surface area contributed by atoms with Gasteiger partial charge in [0.05, 0.1) is 25.0 Å². The Morgan fingerprint density at radius 2 is 2.14 bits per heavy atom. The molecule has 2 aromatic rings. The van der Waals surface area contributed by atoms with Gasteiger partial charge in [-0.1, -0.05) is 12.1 Å². The number of benzene rings is 1. The number of amidine groups is 1. The van der Waals surface area contributed by atoms with Crippen molar-refractivity contribution in [1.82, 2.24) is 9.97 Å². The molecule has 0 fully saturated rings. The fourth-order valence-corrected chi connectivity index (χ4v) is 2.86. The summed E-state index contributed by atoms with van der Waals surface area (Å²) in [5.41, 5.74) is 7.64. The monoisotopic (exact) mass is 398 g/mol. The number of nitrogens with one attached hydrogen (secondary N) is 1. The lowest BCUT2D eigenvalue weighted by Gasteiger charge is -2.17. The second-order valence-electron chi connectivity index (χ2n) is 6.80. The second-order valence-corrected chi connectivity index (χ2v) is 6.80. The average Bonchev–Trinajstić information content (AvgIpc) is 3.16. The van der Waals surface area contributed by atoms with E-state index in [4.69, 9.17) is 15.2 Å². The first kappa shape index (κ1) is 20.5. The third-order valence-corrected chi connectivity index (χ3v) is 4.59. The highest BCUT2D eigenvalue weighted by molar-refractivity contribution is 6.02. The Labute approximate surface area is 170 Å². The number of likely N-dealkylation sites (N-methyl/N-ethyl adjacent to an activating group) is 1. The van der Waals surface area contributed by atoms with Gasteiger partial charge in [-0.05, 0) is 30.5 Å². The topological polar surface area (TPSA) is 115 Å². The fourth-order valence-electron chi connectivity index (χ4n) is 2.86. The van der Waals surface area contributed by atoms with Crippen molar-refractivity contribution < 1.29 is 14.3 Å². The maximum atomic E-state index is 12.5. The molecule has 0 saturated carbocycles. The van der Waals surface area contributed by atoms with Crippen LogP contribution >= 0.6 is 0 Å². The summed E-state index contributed by atoms with van der Waals surface area (Å²) >= 11 is 0. The minimum atomic E-state index is -0.305. The van der Waals surface area contributed by atoms with Gasteiger partial charge in [0.15, 0.2) is 0 Å². The molecule has 2 heterocycles. The van der Waals surface area contributed by atoms with Crippen LogP contribution in [-0.2, 0) is 15.9 Å². The van der Waals surface area contributed by atoms with Crippen LogP contribution in [0.3, 0.4) is 0 Å². The van der Waals surface area contributed by atoms with E-state index in [0.717, 1.165) is 18.4 Å². The number of amides is 1. The number of carbonyl (C=O) groups excluding carboxylic acids is 1. The minimum absolute atomic E-state index is 0.113. The standard InChI is InChI=1S/C20H26N6O3/c1-26(9-10-28-2)18-12-22-11-17(25-18)19(27)23-15-6-3-14(4-7-15)5-8-16-13-29-20(21)24-16/h3-4,6-7,11-12,16H,5,8-10,13H2,1-2H3,(H2,21,24)(H,23,27).